The molecule has 0 aliphatic rings. The highest BCUT2D eigenvalue weighted by Gasteiger charge is 2.10. The van der Waals surface area contributed by atoms with Gasteiger partial charge in [0.15, 0.2) is 0 Å². The lowest BCUT2D eigenvalue weighted by atomic mass is 10.1. The van der Waals surface area contributed by atoms with Crippen molar-refractivity contribution in [2.45, 2.75) is 13.3 Å². The van der Waals surface area contributed by atoms with Crippen molar-refractivity contribution in [1.29, 1.82) is 0 Å². The fourth-order valence-electron chi connectivity index (χ4n) is 1.36. The molecule has 1 aromatic carbocycles. The van der Waals surface area contributed by atoms with Crippen LogP contribution in [0, 0.1) is 0 Å². The SMILES string of the molecule is CCC=C(CS(=O)(=O)O)c1ccccc1. The highest BCUT2D eigenvalue weighted by atomic mass is 32.2. The quantitative estimate of drug-likeness (QED) is 0.802. The molecule has 3 nitrogen and oxygen atoms in total. The average molecular weight is 226 g/mol. The van der Waals surface area contributed by atoms with Gasteiger partial charge in [0.25, 0.3) is 10.1 Å². The standard InChI is InChI=1S/C11H14O3S/c1-2-6-11(9-15(12,13)14)10-7-4-3-5-8-10/h3-8H,2,9H2,1H3,(H,12,13,14). The van der Waals surface area contributed by atoms with E-state index in [0.717, 1.165) is 12.0 Å². The van der Waals surface area contributed by atoms with Crippen LogP contribution in [0.3, 0.4) is 0 Å². The maximum atomic E-state index is 10.8. The zero-order valence-electron chi connectivity index (χ0n) is 8.55. The van der Waals surface area contributed by atoms with Crippen molar-refractivity contribution in [1.82, 2.24) is 0 Å². The van der Waals surface area contributed by atoms with Gasteiger partial charge in [0.05, 0.1) is 0 Å². The van der Waals surface area contributed by atoms with Crippen LogP contribution >= 0.6 is 0 Å². The first-order chi connectivity index (χ1) is 7.03. The van der Waals surface area contributed by atoms with E-state index >= 15 is 0 Å². The maximum Gasteiger partial charge on any atom is 0.269 e. The average Bonchev–Trinajstić information content (AvgIpc) is 2.17. The Morgan fingerprint density at radius 2 is 1.93 bits per heavy atom. The van der Waals surface area contributed by atoms with Crippen molar-refractivity contribution in [2.75, 3.05) is 5.75 Å². The minimum atomic E-state index is -3.96. The van der Waals surface area contributed by atoms with E-state index in [1.54, 1.807) is 0 Å². The molecule has 0 bridgehead atoms. The lowest BCUT2D eigenvalue weighted by Crippen LogP contribution is -2.06. The van der Waals surface area contributed by atoms with Gasteiger partial charge in [0, 0.05) is 0 Å². The minimum Gasteiger partial charge on any atom is -0.285 e. The van der Waals surface area contributed by atoms with E-state index in [1.165, 1.54) is 0 Å². The number of hydrogen-bond acceptors (Lipinski definition) is 2. The summed E-state index contributed by atoms with van der Waals surface area (Å²) in [5, 5.41) is 0. The molecule has 0 saturated heterocycles. The summed E-state index contributed by atoms with van der Waals surface area (Å²) in [6, 6.07) is 9.19. The van der Waals surface area contributed by atoms with E-state index < -0.39 is 10.1 Å². The fraction of sp³-hybridized carbons (Fsp3) is 0.273. The predicted octanol–water partition coefficient (Wildman–Crippen LogP) is 2.37. The van der Waals surface area contributed by atoms with E-state index in [9.17, 15) is 8.42 Å². The summed E-state index contributed by atoms with van der Waals surface area (Å²) < 4.78 is 30.4. The van der Waals surface area contributed by atoms with Gasteiger partial charge in [0.1, 0.15) is 5.75 Å². The Morgan fingerprint density at radius 1 is 1.33 bits per heavy atom. The number of allylic oxidation sites excluding steroid dienone is 1. The van der Waals surface area contributed by atoms with Gasteiger partial charge in [-0.15, -0.1) is 0 Å². The van der Waals surface area contributed by atoms with E-state index in [2.05, 4.69) is 0 Å². The van der Waals surface area contributed by atoms with Crippen LogP contribution in [0.4, 0.5) is 0 Å². The molecular weight excluding hydrogens is 212 g/mol. The lowest BCUT2D eigenvalue weighted by molar-refractivity contribution is 0.487. The van der Waals surface area contributed by atoms with Crippen molar-refractivity contribution in [3.8, 4) is 0 Å². The van der Waals surface area contributed by atoms with Crippen LogP contribution in [0.15, 0.2) is 36.4 Å². The van der Waals surface area contributed by atoms with Gasteiger partial charge in [-0.3, -0.25) is 4.55 Å². The molecule has 1 rings (SSSR count). The Morgan fingerprint density at radius 3 is 2.40 bits per heavy atom. The molecule has 0 aromatic heterocycles. The van der Waals surface area contributed by atoms with E-state index in [0.29, 0.717) is 5.57 Å². The molecule has 1 aromatic rings. The van der Waals surface area contributed by atoms with Gasteiger partial charge < -0.3 is 0 Å². The predicted molar refractivity (Wildman–Crippen MR) is 61.1 cm³/mol. The van der Waals surface area contributed by atoms with Crippen molar-refractivity contribution in [3.05, 3.63) is 42.0 Å². The van der Waals surface area contributed by atoms with E-state index in [4.69, 9.17) is 4.55 Å². The summed E-state index contributed by atoms with van der Waals surface area (Å²) >= 11 is 0. The first kappa shape index (κ1) is 11.9. The topological polar surface area (TPSA) is 54.4 Å². The molecule has 0 saturated carbocycles. The first-order valence-electron chi connectivity index (χ1n) is 4.72. The molecular formula is C11H14O3S. The summed E-state index contributed by atoms with van der Waals surface area (Å²) in [6.45, 7) is 1.92. The molecule has 0 aliphatic carbocycles. The second kappa shape index (κ2) is 5.09. The van der Waals surface area contributed by atoms with Crippen LogP contribution in [0.1, 0.15) is 18.9 Å². The molecule has 1 N–H and O–H groups in total. The summed E-state index contributed by atoms with van der Waals surface area (Å²) in [5.41, 5.74) is 1.47. The Hall–Kier alpha value is -1.13. The summed E-state index contributed by atoms with van der Waals surface area (Å²) in [7, 11) is -3.96. The van der Waals surface area contributed by atoms with Gasteiger partial charge >= 0.3 is 0 Å². The lowest BCUT2D eigenvalue weighted by Gasteiger charge is -2.05. The third-order valence-electron chi connectivity index (χ3n) is 1.93. The van der Waals surface area contributed by atoms with Crippen molar-refractivity contribution in [2.24, 2.45) is 0 Å². The molecule has 0 fully saturated rings. The third-order valence-corrected chi connectivity index (χ3v) is 2.61. The highest BCUT2D eigenvalue weighted by molar-refractivity contribution is 7.86. The molecule has 0 spiro atoms. The van der Waals surface area contributed by atoms with Crippen LogP contribution in [0.5, 0.6) is 0 Å². The largest absolute Gasteiger partial charge is 0.285 e. The molecule has 0 amide bonds. The fourth-order valence-corrected chi connectivity index (χ4v) is 2.03. The van der Waals surface area contributed by atoms with E-state index in [-0.39, 0.29) is 5.75 Å². The Labute approximate surface area is 90.2 Å². The molecule has 0 radical (unpaired) electrons. The normalized spacial score (nSPS) is 12.8. The molecule has 0 unspecified atom stereocenters. The second-order valence-electron chi connectivity index (χ2n) is 3.23. The first-order valence-corrected chi connectivity index (χ1v) is 6.33. The molecule has 15 heavy (non-hydrogen) atoms. The number of rotatable bonds is 4. The maximum absolute atomic E-state index is 10.8. The van der Waals surface area contributed by atoms with Crippen molar-refractivity contribution >= 4 is 15.7 Å². The number of benzene rings is 1. The van der Waals surface area contributed by atoms with Gasteiger partial charge in [-0.05, 0) is 17.6 Å². The van der Waals surface area contributed by atoms with Crippen LogP contribution in [0.2, 0.25) is 0 Å². The monoisotopic (exact) mass is 226 g/mol. The van der Waals surface area contributed by atoms with Crippen molar-refractivity contribution in [3.63, 3.8) is 0 Å². The number of hydrogen-bond donors (Lipinski definition) is 1. The molecule has 0 aliphatic heterocycles. The van der Waals surface area contributed by atoms with Crippen molar-refractivity contribution < 1.29 is 13.0 Å². The summed E-state index contributed by atoms with van der Waals surface area (Å²) in [6.07, 6.45) is 2.54. The van der Waals surface area contributed by atoms with Crippen LogP contribution < -0.4 is 0 Å². The Bertz CT molecular complexity index is 432. The van der Waals surface area contributed by atoms with Gasteiger partial charge in [-0.25, -0.2) is 0 Å². The Kier molecular flexibility index (Phi) is 4.05. The van der Waals surface area contributed by atoms with E-state index in [1.807, 2.05) is 43.3 Å². The highest BCUT2D eigenvalue weighted by Crippen LogP contribution is 2.16. The van der Waals surface area contributed by atoms with Crippen LogP contribution in [-0.4, -0.2) is 18.7 Å². The third kappa shape index (κ3) is 4.27. The molecule has 4 heteroatoms. The summed E-state index contributed by atoms with van der Waals surface area (Å²) in [4.78, 5) is 0. The van der Waals surface area contributed by atoms with Gasteiger partial charge in [-0.2, -0.15) is 8.42 Å². The van der Waals surface area contributed by atoms with Crippen LogP contribution in [0.25, 0.3) is 5.57 Å². The zero-order chi connectivity index (χ0) is 11.3. The summed E-state index contributed by atoms with van der Waals surface area (Å²) in [5.74, 6) is -0.329. The Balaban J connectivity index is 3.00. The smallest absolute Gasteiger partial charge is 0.269 e. The van der Waals surface area contributed by atoms with Gasteiger partial charge in [0.2, 0.25) is 0 Å². The second-order valence-corrected chi connectivity index (χ2v) is 4.68. The van der Waals surface area contributed by atoms with Gasteiger partial charge in [-0.1, -0.05) is 43.3 Å². The molecule has 0 atom stereocenters. The zero-order valence-corrected chi connectivity index (χ0v) is 9.37. The van der Waals surface area contributed by atoms with Crippen LogP contribution in [-0.2, 0) is 10.1 Å². The molecule has 0 heterocycles. The molecule has 82 valence electrons. The minimum absolute atomic E-state index is 0.329.